The lowest BCUT2D eigenvalue weighted by molar-refractivity contribution is 0.0756. The quantitative estimate of drug-likeness (QED) is 0.327. The van der Waals surface area contributed by atoms with E-state index in [9.17, 15) is 0 Å². The number of nitrogens with one attached hydrogen (secondary N) is 1. The van der Waals surface area contributed by atoms with Crippen molar-refractivity contribution in [3.05, 3.63) is 18.0 Å². The number of aromatic nitrogens is 2. The molecule has 3 rings (SSSR count). The summed E-state index contributed by atoms with van der Waals surface area (Å²) in [5.41, 5.74) is 1.32. The van der Waals surface area contributed by atoms with Gasteiger partial charge in [-0.05, 0) is 96.8 Å². The molecule has 2 aliphatic heterocycles. The molecule has 6 heteroatoms. The summed E-state index contributed by atoms with van der Waals surface area (Å²) >= 11 is 0. The Morgan fingerprint density at radius 1 is 0.943 bits per heavy atom. The second-order valence-electron chi connectivity index (χ2n) is 11.7. The van der Waals surface area contributed by atoms with E-state index in [4.69, 9.17) is 14.7 Å². The van der Waals surface area contributed by atoms with Crippen molar-refractivity contribution >= 4 is 5.95 Å². The summed E-state index contributed by atoms with van der Waals surface area (Å²) in [7, 11) is 0. The Morgan fingerprint density at radius 2 is 1.60 bits per heavy atom. The molecular weight excluding hydrogens is 434 g/mol. The van der Waals surface area contributed by atoms with Gasteiger partial charge >= 0.3 is 0 Å². The third kappa shape index (κ3) is 10.3. The average molecular weight is 488 g/mol. The van der Waals surface area contributed by atoms with Gasteiger partial charge in [0.25, 0.3) is 0 Å². The Kier molecular flexibility index (Phi) is 12.2. The standard InChI is InChI=1S/C29H53N5O/c1-23(2)34-21-25(5)18-28(22-34)32-29-30-19-27(20-31-29)26-12-15-33(16-13-26)14-10-8-6-7-9-11-17-35-24(3)4/h19-20,23-26,28H,6-18,21-22H2,1-5H3,(H,30,31,32). The summed E-state index contributed by atoms with van der Waals surface area (Å²) in [4.78, 5) is 14.6. The minimum Gasteiger partial charge on any atom is -0.379 e. The number of likely N-dealkylation sites (tertiary alicyclic amines) is 2. The zero-order chi connectivity index (χ0) is 25.0. The van der Waals surface area contributed by atoms with E-state index in [2.05, 4.69) is 62.1 Å². The van der Waals surface area contributed by atoms with Gasteiger partial charge in [0.05, 0.1) is 6.10 Å². The van der Waals surface area contributed by atoms with Gasteiger partial charge in [-0.3, -0.25) is 4.90 Å². The van der Waals surface area contributed by atoms with Crippen LogP contribution in [0.15, 0.2) is 12.4 Å². The normalized spacial score (nSPS) is 22.8. The van der Waals surface area contributed by atoms with E-state index in [1.54, 1.807) is 0 Å². The molecule has 0 bridgehead atoms. The second-order valence-corrected chi connectivity index (χ2v) is 11.7. The van der Waals surface area contributed by atoms with Crippen molar-refractivity contribution in [3.63, 3.8) is 0 Å². The monoisotopic (exact) mass is 487 g/mol. The Bertz CT molecular complexity index is 687. The van der Waals surface area contributed by atoms with Crippen LogP contribution in [0.3, 0.4) is 0 Å². The van der Waals surface area contributed by atoms with Crippen molar-refractivity contribution in [2.24, 2.45) is 5.92 Å². The highest BCUT2D eigenvalue weighted by molar-refractivity contribution is 5.28. The molecule has 1 aromatic heterocycles. The number of rotatable bonds is 14. The van der Waals surface area contributed by atoms with Gasteiger partial charge in [-0.15, -0.1) is 0 Å². The van der Waals surface area contributed by atoms with E-state index >= 15 is 0 Å². The highest BCUT2D eigenvalue weighted by Crippen LogP contribution is 2.28. The predicted octanol–water partition coefficient (Wildman–Crippen LogP) is 5.95. The Morgan fingerprint density at radius 3 is 2.26 bits per heavy atom. The molecule has 2 fully saturated rings. The van der Waals surface area contributed by atoms with Crippen molar-refractivity contribution in [2.45, 2.75) is 117 Å². The number of anilines is 1. The van der Waals surface area contributed by atoms with Crippen LogP contribution in [-0.2, 0) is 4.74 Å². The number of hydrogen-bond acceptors (Lipinski definition) is 6. The fraction of sp³-hybridized carbons (Fsp3) is 0.862. The summed E-state index contributed by atoms with van der Waals surface area (Å²) in [5, 5.41) is 3.61. The van der Waals surface area contributed by atoms with E-state index in [-0.39, 0.29) is 0 Å². The van der Waals surface area contributed by atoms with Crippen LogP contribution in [-0.4, -0.2) is 77.3 Å². The van der Waals surface area contributed by atoms with Crippen molar-refractivity contribution in [1.29, 1.82) is 0 Å². The Hall–Kier alpha value is -1.24. The number of piperidine rings is 2. The Balaban J connectivity index is 1.29. The van der Waals surface area contributed by atoms with Gasteiger partial charge in [0.2, 0.25) is 5.95 Å². The average Bonchev–Trinajstić information content (AvgIpc) is 2.83. The summed E-state index contributed by atoms with van der Waals surface area (Å²) in [5.74, 6) is 2.11. The van der Waals surface area contributed by atoms with Crippen LogP contribution in [0.4, 0.5) is 5.95 Å². The molecule has 6 nitrogen and oxygen atoms in total. The van der Waals surface area contributed by atoms with Crippen LogP contribution < -0.4 is 5.32 Å². The molecule has 2 saturated heterocycles. The SMILES string of the molecule is CC1CC(Nc2ncc(C3CCN(CCCCCCCCOC(C)C)CC3)cn2)CN(C(C)C)C1. The molecule has 2 aliphatic rings. The van der Waals surface area contributed by atoms with Crippen LogP contribution in [0.25, 0.3) is 0 Å². The molecule has 200 valence electrons. The number of hydrogen-bond donors (Lipinski definition) is 1. The molecule has 3 heterocycles. The molecule has 2 unspecified atom stereocenters. The van der Waals surface area contributed by atoms with Crippen LogP contribution in [0.5, 0.6) is 0 Å². The summed E-state index contributed by atoms with van der Waals surface area (Å²) in [6.45, 7) is 18.0. The van der Waals surface area contributed by atoms with Crippen molar-refractivity contribution in [1.82, 2.24) is 19.8 Å². The molecule has 1 aromatic rings. The molecule has 0 aromatic carbocycles. The first kappa shape index (κ1) is 28.3. The molecular formula is C29H53N5O. The van der Waals surface area contributed by atoms with Crippen LogP contribution in [0.1, 0.15) is 104 Å². The molecule has 2 atom stereocenters. The second kappa shape index (κ2) is 15.1. The van der Waals surface area contributed by atoms with Gasteiger partial charge in [0.1, 0.15) is 0 Å². The van der Waals surface area contributed by atoms with Gasteiger partial charge in [0, 0.05) is 44.2 Å². The lowest BCUT2D eigenvalue weighted by atomic mass is 9.91. The maximum atomic E-state index is 5.62. The van der Waals surface area contributed by atoms with E-state index in [0.717, 1.165) is 19.1 Å². The molecule has 0 saturated carbocycles. The largest absolute Gasteiger partial charge is 0.379 e. The van der Waals surface area contributed by atoms with Crippen LogP contribution in [0.2, 0.25) is 0 Å². The van der Waals surface area contributed by atoms with Crippen molar-refractivity contribution in [2.75, 3.05) is 44.6 Å². The fourth-order valence-electron chi connectivity index (χ4n) is 5.68. The molecule has 0 amide bonds. The minimum absolute atomic E-state index is 0.370. The number of unbranched alkanes of at least 4 members (excludes halogenated alkanes) is 5. The fourth-order valence-corrected chi connectivity index (χ4v) is 5.68. The van der Waals surface area contributed by atoms with Gasteiger partial charge in [0.15, 0.2) is 0 Å². The Labute approximate surface area is 215 Å². The zero-order valence-electron chi connectivity index (χ0n) is 23.3. The predicted molar refractivity (Wildman–Crippen MR) is 147 cm³/mol. The van der Waals surface area contributed by atoms with Gasteiger partial charge < -0.3 is 15.0 Å². The summed E-state index contributed by atoms with van der Waals surface area (Å²) in [6, 6.07) is 1.03. The van der Waals surface area contributed by atoms with Gasteiger partial charge in [-0.1, -0.05) is 32.6 Å². The smallest absolute Gasteiger partial charge is 0.222 e. The molecule has 35 heavy (non-hydrogen) atoms. The van der Waals surface area contributed by atoms with Crippen LogP contribution >= 0.6 is 0 Å². The lowest BCUT2D eigenvalue weighted by Crippen LogP contribution is -2.48. The minimum atomic E-state index is 0.370. The van der Waals surface area contributed by atoms with E-state index in [1.807, 2.05) is 0 Å². The summed E-state index contributed by atoms with van der Waals surface area (Å²) in [6.07, 6.45) is 16.1. The molecule has 0 aliphatic carbocycles. The lowest BCUT2D eigenvalue weighted by Gasteiger charge is -2.39. The van der Waals surface area contributed by atoms with Crippen molar-refractivity contribution in [3.8, 4) is 0 Å². The van der Waals surface area contributed by atoms with E-state index in [1.165, 1.54) is 89.5 Å². The van der Waals surface area contributed by atoms with Crippen LogP contribution in [0, 0.1) is 5.92 Å². The highest BCUT2D eigenvalue weighted by Gasteiger charge is 2.27. The maximum absolute atomic E-state index is 5.62. The first-order valence-corrected chi connectivity index (χ1v) is 14.6. The molecule has 0 radical (unpaired) electrons. The topological polar surface area (TPSA) is 53.5 Å². The van der Waals surface area contributed by atoms with E-state index in [0.29, 0.717) is 30.0 Å². The highest BCUT2D eigenvalue weighted by atomic mass is 16.5. The van der Waals surface area contributed by atoms with Gasteiger partial charge in [-0.25, -0.2) is 9.97 Å². The molecule has 1 N–H and O–H groups in total. The number of ether oxygens (including phenoxy) is 1. The maximum Gasteiger partial charge on any atom is 0.222 e. The summed E-state index contributed by atoms with van der Waals surface area (Å²) < 4.78 is 5.62. The third-order valence-corrected chi connectivity index (χ3v) is 7.80. The van der Waals surface area contributed by atoms with Crippen molar-refractivity contribution < 1.29 is 4.74 Å². The first-order valence-electron chi connectivity index (χ1n) is 14.6. The number of nitrogens with zero attached hydrogens (tertiary/aromatic N) is 4. The third-order valence-electron chi connectivity index (χ3n) is 7.80. The van der Waals surface area contributed by atoms with E-state index < -0.39 is 0 Å². The molecule has 0 spiro atoms. The zero-order valence-corrected chi connectivity index (χ0v) is 23.3. The first-order chi connectivity index (χ1) is 16.9. The van der Waals surface area contributed by atoms with Gasteiger partial charge in [-0.2, -0.15) is 0 Å².